The molecule has 1 aromatic rings. The first-order valence-electron chi connectivity index (χ1n) is 6.56. The number of rotatable bonds is 4. The molecule has 0 radical (unpaired) electrons. The van der Waals surface area contributed by atoms with Crippen LogP contribution in [0.2, 0.25) is 0 Å². The van der Waals surface area contributed by atoms with Crippen LogP contribution in [0.1, 0.15) is 26.5 Å². The van der Waals surface area contributed by atoms with Crippen molar-refractivity contribution in [1.82, 2.24) is 15.3 Å². The number of ether oxygens (including phenoxy) is 1. The highest BCUT2D eigenvalue weighted by atomic mass is 16.5. The molecule has 100 valence electrons. The molecular weight excluding hydrogens is 228 g/mol. The zero-order valence-corrected chi connectivity index (χ0v) is 11.4. The van der Waals surface area contributed by atoms with Crippen molar-refractivity contribution in [1.29, 1.82) is 0 Å². The quantitative estimate of drug-likeness (QED) is 0.870. The Morgan fingerprint density at radius 1 is 1.44 bits per heavy atom. The minimum absolute atomic E-state index is 0.267. The first kappa shape index (κ1) is 13.2. The van der Waals surface area contributed by atoms with Crippen LogP contribution >= 0.6 is 0 Å². The van der Waals surface area contributed by atoms with Crippen LogP contribution in [0.15, 0.2) is 12.4 Å². The van der Waals surface area contributed by atoms with Crippen molar-refractivity contribution < 1.29 is 4.74 Å². The summed E-state index contributed by atoms with van der Waals surface area (Å²) in [4.78, 5) is 11.1. The number of hydrogen-bond donors (Lipinski definition) is 1. The summed E-state index contributed by atoms with van der Waals surface area (Å²) >= 11 is 0. The molecule has 2 heterocycles. The van der Waals surface area contributed by atoms with Gasteiger partial charge in [-0.3, -0.25) is 4.98 Å². The average Bonchev–Trinajstić information content (AvgIpc) is 2.37. The smallest absolute Gasteiger partial charge is 0.147 e. The minimum Gasteiger partial charge on any atom is -0.375 e. The van der Waals surface area contributed by atoms with Gasteiger partial charge in [0, 0.05) is 25.7 Å². The highest BCUT2D eigenvalue weighted by Gasteiger charge is 2.17. The van der Waals surface area contributed by atoms with Crippen molar-refractivity contribution in [3.63, 3.8) is 0 Å². The van der Waals surface area contributed by atoms with Crippen molar-refractivity contribution in [3.05, 3.63) is 18.1 Å². The summed E-state index contributed by atoms with van der Waals surface area (Å²) in [5.74, 6) is 0.943. The average molecular weight is 250 g/mol. The van der Waals surface area contributed by atoms with Crippen LogP contribution < -0.4 is 10.2 Å². The monoisotopic (exact) mass is 250 g/mol. The van der Waals surface area contributed by atoms with Crippen molar-refractivity contribution in [3.8, 4) is 0 Å². The first-order chi connectivity index (χ1) is 8.65. The predicted molar refractivity (Wildman–Crippen MR) is 71.6 cm³/mol. The fourth-order valence-corrected chi connectivity index (χ4v) is 1.94. The van der Waals surface area contributed by atoms with Crippen LogP contribution in [0.3, 0.4) is 0 Å². The van der Waals surface area contributed by atoms with Crippen LogP contribution in [0, 0.1) is 0 Å². The van der Waals surface area contributed by atoms with E-state index < -0.39 is 0 Å². The van der Waals surface area contributed by atoms with Gasteiger partial charge in [-0.15, -0.1) is 0 Å². The molecule has 1 unspecified atom stereocenters. The van der Waals surface area contributed by atoms with E-state index in [2.05, 4.69) is 41.0 Å². The highest BCUT2D eigenvalue weighted by Crippen LogP contribution is 2.13. The standard InChI is InChI=1S/C13H22N4O/c1-10(2)14-6-12-7-16-13(8-15-12)17-4-5-18-11(3)9-17/h7-8,10-11,14H,4-6,9H2,1-3H3. The number of nitrogens with one attached hydrogen (secondary N) is 1. The lowest BCUT2D eigenvalue weighted by atomic mass is 10.3. The van der Waals surface area contributed by atoms with Crippen LogP contribution in [-0.4, -0.2) is 41.8 Å². The SMILES string of the molecule is CC(C)NCc1cnc(N2CCOC(C)C2)cn1. The van der Waals surface area contributed by atoms with Gasteiger partial charge in [0.15, 0.2) is 0 Å². The molecule has 0 amide bonds. The molecule has 18 heavy (non-hydrogen) atoms. The van der Waals surface area contributed by atoms with Crippen LogP contribution in [0.5, 0.6) is 0 Å². The number of nitrogens with zero attached hydrogens (tertiary/aromatic N) is 3. The molecule has 1 aromatic heterocycles. The maximum Gasteiger partial charge on any atom is 0.147 e. The Hall–Kier alpha value is -1.20. The molecule has 1 saturated heterocycles. The highest BCUT2D eigenvalue weighted by molar-refractivity contribution is 5.36. The van der Waals surface area contributed by atoms with E-state index in [9.17, 15) is 0 Å². The fourth-order valence-electron chi connectivity index (χ4n) is 1.94. The Bertz CT molecular complexity index is 366. The van der Waals surface area contributed by atoms with Crippen molar-refractivity contribution in [2.45, 2.75) is 39.5 Å². The molecule has 1 fully saturated rings. The van der Waals surface area contributed by atoms with E-state index in [4.69, 9.17) is 4.74 Å². The molecule has 1 N–H and O–H groups in total. The molecule has 0 aliphatic carbocycles. The van der Waals surface area contributed by atoms with E-state index in [0.717, 1.165) is 37.8 Å². The maximum absolute atomic E-state index is 5.52. The molecule has 0 saturated carbocycles. The second-order valence-electron chi connectivity index (χ2n) is 5.03. The first-order valence-corrected chi connectivity index (χ1v) is 6.56. The number of aromatic nitrogens is 2. The Labute approximate surface area is 109 Å². The molecule has 1 atom stereocenters. The largest absolute Gasteiger partial charge is 0.375 e. The van der Waals surface area contributed by atoms with Gasteiger partial charge >= 0.3 is 0 Å². The fraction of sp³-hybridized carbons (Fsp3) is 0.692. The lowest BCUT2D eigenvalue weighted by Crippen LogP contribution is -2.41. The van der Waals surface area contributed by atoms with E-state index in [1.54, 1.807) is 0 Å². The van der Waals surface area contributed by atoms with Crippen LogP contribution in [-0.2, 0) is 11.3 Å². The van der Waals surface area contributed by atoms with Gasteiger partial charge < -0.3 is 15.0 Å². The third-order valence-corrected chi connectivity index (χ3v) is 2.95. The maximum atomic E-state index is 5.52. The van der Waals surface area contributed by atoms with Crippen molar-refractivity contribution in [2.75, 3.05) is 24.6 Å². The molecular formula is C13H22N4O. The van der Waals surface area contributed by atoms with Gasteiger partial charge in [0.2, 0.25) is 0 Å². The Morgan fingerprint density at radius 2 is 2.28 bits per heavy atom. The van der Waals surface area contributed by atoms with Crippen molar-refractivity contribution in [2.24, 2.45) is 0 Å². The molecule has 5 nitrogen and oxygen atoms in total. The van der Waals surface area contributed by atoms with E-state index in [1.807, 2.05) is 12.4 Å². The Kier molecular flexibility index (Phi) is 4.49. The molecule has 1 aliphatic heterocycles. The van der Waals surface area contributed by atoms with Crippen LogP contribution in [0.4, 0.5) is 5.82 Å². The van der Waals surface area contributed by atoms with E-state index >= 15 is 0 Å². The summed E-state index contributed by atoms with van der Waals surface area (Å²) in [5.41, 5.74) is 0.980. The van der Waals surface area contributed by atoms with Gasteiger partial charge in [-0.2, -0.15) is 0 Å². The summed E-state index contributed by atoms with van der Waals surface area (Å²) in [6, 6.07) is 0.464. The lowest BCUT2D eigenvalue weighted by Gasteiger charge is -2.31. The Balaban J connectivity index is 1.94. The molecule has 0 aromatic carbocycles. The van der Waals surface area contributed by atoms with Crippen LogP contribution in [0.25, 0.3) is 0 Å². The summed E-state index contributed by atoms with van der Waals surface area (Å²) in [6.45, 7) is 9.64. The van der Waals surface area contributed by atoms with Gasteiger partial charge in [-0.25, -0.2) is 4.98 Å². The van der Waals surface area contributed by atoms with E-state index in [-0.39, 0.29) is 6.10 Å². The third kappa shape index (κ3) is 3.65. The summed E-state index contributed by atoms with van der Waals surface area (Å²) in [7, 11) is 0. The van der Waals surface area contributed by atoms with E-state index in [0.29, 0.717) is 6.04 Å². The zero-order chi connectivity index (χ0) is 13.0. The van der Waals surface area contributed by atoms with E-state index in [1.165, 1.54) is 0 Å². The Morgan fingerprint density at radius 3 is 2.89 bits per heavy atom. The van der Waals surface area contributed by atoms with Gasteiger partial charge in [0.05, 0.1) is 30.8 Å². The minimum atomic E-state index is 0.267. The number of morpholine rings is 1. The topological polar surface area (TPSA) is 50.3 Å². The van der Waals surface area contributed by atoms with Crippen molar-refractivity contribution >= 4 is 5.82 Å². The zero-order valence-electron chi connectivity index (χ0n) is 11.4. The second kappa shape index (κ2) is 6.11. The summed E-state index contributed by atoms with van der Waals surface area (Å²) < 4.78 is 5.52. The normalized spacial score (nSPS) is 20.4. The lowest BCUT2D eigenvalue weighted by molar-refractivity contribution is 0.0529. The molecule has 2 rings (SSSR count). The number of hydrogen-bond acceptors (Lipinski definition) is 5. The van der Waals surface area contributed by atoms with Gasteiger partial charge in [-0.1, -0.05) is 13.8 Å². The van der Waals surface area contributed by atoms with Gasteiger partial charge in [0.25, 0.3) is 0 Å². The van der Waals surface area contributed by atoms with Gasteiger partial charge in [-0.05, 0) is 6.92 Å². The van der Waals surface area contributed by atoms with Gasteiger partial charge in [0.1, 0.15) is 5.82 Å². The second-order valence-corrected chi connectivity index (χ2v) is 5.03. The molecule has 5 heteroatoms. The summed E-state index contributed by atoms with van der Waals surface area (Å²) in [6.07, 6.45) is 3.98. The molecule has 1 aliphatic rings. The predicted octanol–water partition coefficient (Wildman–Crippen LogP) is 1.20. The third-order valence-electron chi connectivity index (χ3n) is 2.95. The molecule has 0 spiro atoms. The molecule has 0 bridgehead atoms. The summed E-state index contributed by atoms with van der Waals surface area (Å²) in [5, 5.41) is 3.33. The number of anilines is 1.